The maximum Gasteiger partial charge on any atom is 0.163 e. The number of hydrogen-bond donors (Lipinski definition) is 2. The highest BCUT2D eigenvalue weighted by atomic mass is 16.5. The topological polar surface area (TPSA) is 56.5 Å². The highest BCUT2D eigenvalue weighted by molar-refractivity contribution is 5.58. The van der Waals surface area contributed by atoms with E-state index in [4.69, 9.17) is 15.2 Å². The summed E-state index contributed by atoms with van der Waals surface area (Å²) in [7, 11) is 1.89. The molecule has 0 bridgehead atoms. The lowest BCUT2D eigenvalue weighted by Crippen LogP contribution is -2.13. The van der Waals surface area contributed by atoms with Crippen molar-refractivity contribution < 1.29 is 9.47 Å². The maximum atomic E-state index is 6.01. The Balaban J connectivity index is 3.10. The molecule has 0 unspecified atom stereocenters. The van der Waals surface area contributed by atoms with E-state index < -0.39 is 0 Å². The summed E-state index contributed by atoms with van der Waals surface area (Å²) in [6, 6.07) is 3.79. The van der Waals surface area contributed by atoms with Crippen molar-refractivity contribution >= 4 is 5.69 Å². The van der Waals surface area contributed by atoms with Crippen molar-refractivity contribution in [3.8, 4) is 11.5 Å². The minimum atomic E-state index is 0.0917. The first-order valence-electron chi connectivity index (χ1n) is 6.34. The molecule has 0 radical (unpaired) electrons. The molecule has 4 heteroatoms. The molecule has 0 aromatic heterocycles. The molecule has 0 spiro atoms. The fraction of sp³-hybridized carbons (Fsp3) is 0.571. The minimum Gasteiger partial charge on any atom is -0.487 e. The standard InChI is InChI=1S/C14H24N2O2/c1-9(2)17-13-6-11(8-16-5)12(15)7-14(13)18-10(3)4/h6-7,9-10,16H,8,15H2,1-5H3. The van der Waals surface area contributed by atoms with Crippen LogP contribution in [-0.4, -0.2) is 19.3 Å². The normalized spacial score (nSPS) is 11.1. The summed E-state index contributed by atoms with van der Waals surface area (Å²) in [5.74, 6) is 1.45. The van der Waals surface area contributed by atoms with Gasteiger partial charge in [0.05, 0.1) is 12.2 Å². The van der Waals surface area contributed by atoms with Gasteiger partial charge in [0.15, 0.2) is 11.5 Å². The number of nitrogen functional groups attached to an aromatic ring is 1. The second kappa shape index (κ2) is 6.50. The zero-order chi connectivity index (χ0) is 13.7. The quantitative estimate of drug-likeness (QED) is 0.764. The molecule has 0 saturated heterocycles. The summed E-state index contributed by atoms with van der Waals surface area (Å²) >= 11 is 0. The fourth-order valence-corrected chi connectivity index (χ4v) is 1.65. The van der Waals surface area contributed by atoms with Gasteiger partial charge in [-0.3, -0.25) is 0 Å². The lowest BCUT2D eigenvalue weighted by molar-refractivity contribution is 0.198. The molecule has 0 aliphatic rings. The summed E-state index contributed by atoms with van der Waals surface area (Å²) in [5.41, 5.74) is 7.74. The SMILES string of the molecule is CNCc1cc(OC(C)C)c(OC(C)C)cc1N. The molecule has 0 heterocycles. The van der Waals surface area contributed by atoms with Crippen LogP contribution >= 0.6 is 0 Å². The Labute approximate surface area is 109 Å². The third kappa shape index (κ3) is 4.11. The smallest absolute Gasteiger partial charge is 0.163 e. The molecule has 18 heavy (non-hydrogen) atoms. The number of nitrogens with one attached hydrogen (secondary N) is 1. The van der Waals surface area contributed by atoms with E-state index in [2.05, 4.69) is 5.32 Å². The fourth-order valence-electron chi connectivity index (χ4n) is 1.65. The molecule has 0 saturated carbocycles. The van der Waals surface area contributed by atoms with Crippen LogP contribution in [0.4, 0.5) is 5.69 Å². The summed E-state index contributed by atoms with van der Waals surface area (Å²) in [6.45, 7) is 8.66. The number of rotatable bonds is 6. The Morgan fingerprint density at radius 1 is 1.06 bits per heavy atom. The predicted octanol–water partition coefficient (Wildman–Crippen LogP) is 2.56. The monoisotopic (exact) mass is 252 g/mol. The Morgan fingerprint density at radius 2 is 1.56 bits per heavy atom. The molecule has 1 aromatic rings. The van der Waals surface area contributed by atoms with Gasteiger partial charge in [0, 0.05) is 18.3 Å². The summed E-state index contributed by atoms with van der Waals surface area (Å²) in [4.78, 5) is 0. The van der Waals surface area contributed by atoms with Gasteiger partial charge in [-0.2, -0.15) is 0 Å². The molecule has 0 aliphatic carbocycles. The molecule has 1 rings (SSSR count). The predicted molar refractivity (Wildman–Crippen MR) is 75.1 cm³/mol. The third-order valence-electron chi connectivity index (χ3n) is 2.30. The van der Waals surface area contributed by atoms with E-state index in [1.807, 2.05) is 46.9 Å². The second-order valence-corrected chi connectivity index (χ2v) is 4.86. The van der Waals surface area contributed by atoms with Crippen molar-refractivity contribution in [3.63, 3.8) is 0 Å². The Bertz CT molecular complexity index is 390. The van der Waals surface area contributed by atoms with Gasteiger partial charge in [0.2, 0.25) is 0 Å². The maximum absolute atomic E-state index is 6.01. The van der Waals surface area contributed by atoms with Crippen molar-refractivity contribution in [1.29, 1.82) is 0 Å². The van der Waals surface area contributed by atoms with Gasteiger partial charge in [-0.05, 0) is 46.4 Å². The van der Waals surface area contributed by atoms with Crippen molar-refractivity contribution in [1.82, 2.24) is 5.32 Å². The van der Waals surface area contributed by atoms with E-state index in [0.29, 0.717) is 12.3 Å². The van der Waals surface area contributed by atoms with E-state index >= 15 is 0 Å². The van der Waals surface area contributed by atoms with Crippen LogP contribution in [0.15, 0.2) is 12.1 Å². The summed E-state index contributed by atoms with van der Waals surface area (Å²) < 4.78 is 11.5. The van der Waals surface area contributed by atoms with Crippen LogP contribution in [0, 0.1) is 0 Å². The van der Waals surface area contributed by atoms with Gasteiger partial charge in [-0.15, -0.1) is 0 Å². The lowest BCUT2D eigenvalue weighted by atomic mass is 10.1. The van der Waals surface area contributed by atoms with Crippen LogP contribution in [0.25, 0.3) is 0 Å². The molecular formula is C14H24N2O2. The van der Waals surface area contributed by atoms with Crippen molar-refractivity contribution in [2.75, 3.05) is 12.8 Å². The van der Waals surface area contributed by atoms with Crippen LogP contribution in [0.5, 0.6) is 11.5 Å². The molecule has 1 aromatic carbocycles. The first kappa shape index (κ1) is 14.6. The molecule has 4 nitrogen and oxygen atoms in total. The molecule has 0 atom stereocenters. The largest absolute Gasteiger partial charge is 0.487 e. The number of benzene rings is 1. The van der Waals surface area contributed by atoms with Crippen LogP contribution in [-0.2, 0) is 6.54 Å². The third-order valence-corrected chi connectivity index (χ3v) is 2.30. The average Bonchev–Trinajstić information content (AvgIpc) is 2.23. The van der Waals surface area contributed by atoms with Gasteiger partial charge in [-0.25, -0.2) is 0 Å². The van der Waals surface area contributed by atoms with E-state index in [0.717, 1.165) is 17.0 Å². The molecular weight excluding hydrogens is 228 g/mol. The Kier molecular flexibility index (Phi) is 5.28. The van der Waals surface area contributed by atoms with Crippen LogP contribution in [0.1, 0.15) is 33.3 Å². The summed E-state index contributed by atoms with van der Waals surface area (Å²) in [6.07, 6.45) is 0.194. The lowest BCUT2D eigenvalue weighted by Gasteiger charge is -2.19. The van der Waals surface area contributed by atoms with E-state index in [1.54, 1.807) is 0 Å². The average molecular weight is 252 g/mol. The Hall–Kier alpha value is -1.42. The van der Waals surface area contributed by atoms with E-state index in [1.165, 1.54) is 0 Å². The van der Waals surface area contributed by atoms with Gasteiger partial charge in [0.25, 0.3) is 0 Å². The zero-order valence-corrected chi connectivity index (χ0v) is 11.9. The molecule has 0 fully saturated rings. The van der Waals surface area contributed by atoms with Crippen molar-refractivity contribution in [3.05, 3.63) is 17.7 Å². The number of anilines is 1. The molecule has 0 aliphatic heterocycles. The first-order valence-corrected chi connectivity index (χ1v) is 6.34. The van der Waals surface area contributed by atoms with Crippen molar-refractivity contribution in [2.24, 2.45) is 0 Å². The van der Waals surface area contributed by atoms with Gasteiger partial charge < -0.3 is 20.5 Å². The number of hydrogen-bond acceptors (Lipinski definition) is 4. The summed E-state index contributed by atoms with van der Waals surface area (Å²) in [5, 5.41) is 3.09. The second-order valence-electron chi connectivity index (χ2n) is 4.86. The van der Waals surface area contributed by atoms with Gasteiger partial charge in [0.1, 0.15) is 0 Å². The molecule has 0 amide bonds. The minimum absolute atomic E-state index is 0.0917. The van der Waals surface area contributed by atoms with E-state index in [9.17, 15) is 0 Å². The molecule has 3 N–H and O–H groups in total. The first-order chi connectivity index (χ1) is 8.43. The van der Waals surface area contributed by atoms with Gasteiger partial charge in [-0.1, -0.05) is 0 Å². The van der Waals surface area contributed by atoms with Crippen LogP contribution < -0.4 is 20.5 Å². The highest BCUT2D eigenvalue weighted by Gasteiger charge is 2.12. The zero-order valence-electron chi connectivity index (χ0n) is 11.9. The van der Waals surface area contributed by atoms with Crippen LogP contribution in [0.3, 0.4) is 0 Å². The highest BCUT2D eigenvalue weighted by Crippen LogP contribution is 2.33. The van der Waals surface area contributed by atoms with Crippen LogP contribution in [0.2, 0.25) is 0 Å². The number of ether oxygens (including phenoxy) is 2. The van der Waals surface area contributed by atoms with E-state index in [-0.39, 0.29) is 12.2 Å². The molecule has 102 valence electrons. The Morgan fingerprint density at radius 3 is 2.00 bits per heavy atom. The van der Waals surface area contributed by atoms with Crippen molar-refractivity contribution in [2.45, 2.75) is 46.4 Å². The number of nitrogens with two attached hydrogens (primary N) is 1. The van der Waals surface area contributed by atoms with Gasteiger partial charge >= 0.3 is 0 Å².